The van der Waals surface area contributed by atoms with E-state index >= 15 is 0 Å². The first-order chi connectivity index (χ1) is 33.6. The molecule has 1 aliphatic heterocycles. The van der Waals surface area contributed by atoms with Crippen molar-refractivity contribution >= 4 is 127 Å². The normalized spacial score (nSPS) is 15.9. The molecule has 7 nitrogen and oxygen atoms in total. The third-order valence-electron chi connectivity index (χ3n) is 14.7. The number of hydrogen-bond donors (Lipinski definition) is 0. The summed E-state index contributed by atoms with van der Waals surface area (Å²) in [6, 6.07) is 58.4. The highest BCUT2D eigenvalue weighted by Crippen LogP contribution is 2.49. The van der Waals surface area contributed by atoms with Gasteiger partial charge in [-0.3, -0.25) is 4.79 Å². The zero-order valence-electron chi connectivity index (χ0n) is 36.1. The number of rotatable bonds is 4. The summed E-state index contributed by atoms with van der Waals surface area (Å²) < 4.78 is 28.3. The van der Waals surface area contributed by atoms with Crippen LogP contribution < -0.4 is 4.90 Å². The molecule has 0 radical (unpaired) electrons. The number of nitrogens with zero attached hydrogens (tertiary/aromatic N) is 2. The van der Waals surface area contributed by atoms with Gasteiger partial charge < -0.3 is 27.1 Å². The fraction of sp³-hybridized carbons (Fsp3) is 0.0328. The van der Waals surface area contributed by atoms with Crippen LogP contribution in [0.25, 0.3) is 115 Å². The highest BCUT2D eigenvalue weighted by atomic mass is 16.3. The van der Waals surface area contributed by atoms with Crippen molar-refractivity contribution in [3.05, 3.63) is 211 Å². The fourth-order valence-corrected chi connectivity index (χ4v) is 11.6. The third-order valence-corrected chi connectivity index (χ3v) is 14.7. The molecule has 1 aliphatic carbocycles. The smallest absolute Gasteiger partial charge is 0.193 e. The monoisotopic (exact) mass is 874 g/mol. The minimum atomic E-state index is -0.0914. The van der Waals surface area contributed by atoms with Crippen molar-refractivity contribution in [3.8, 4) is 5.69 Å². The van der Waals surface area contributed by atoms with Gasteiger partial charge in [-0.2, -0.15) is 0 Å². The van der Waals surface area contributed by atoms with Gasteiger partial charge in [0.05, 0.1) is 17.1 Å². The van der Waals surface area contributed by atoms with Crippen molar-refractivity contribution in [3.63, 3.8) is 0 Å². The lowest BCUT2D eigenvalue weighted by Gasteiger charge is -2.28. The van der Waals surface area contributed by atoms with E-state index in [4.69, 9.17) is 17.7 Å². The SMILES string of the molecule is O=C(c1ccc2oc3cc4c(cc3c2c1)oc1ccc(N2c3ccccc3C3C=CC=CC32)cc14)c1ccc2oc3cc4c(cc3c2c1)oc1ccc(-n2c3ccccc3c3ccccc32)cc14. The molecule has 16 rings (SSSR count). The lowest BCUT2D eigenvalue weighted by Crippen LogP contribution is -2.28. The Labute approximate surface area is 385 Å². The van der Waals surface area contributed by atoms with E-state index in [1.54, 1.807) is 0 Å². The lowest BCUT2D eigenvalue weighted by atomic mass is 9.91. The second-order valence-corrected chi connectivity index (χ2v) is 18.3. The van der Waals surface area contributed by atoms with Crippen LogP contribution in [0.4, 0.5) is 11.4 Å². The second kappa shape index (κ2) is 13.1. The van der Waals surface area contributed by atoms with Crippen LogP contribution in [0.2, 0.25) is 0 Å². The van der Waals surface area contributed by atoms with Gasteiger partial charge in [-0.1, -0.05) is 78.9 Å². The molecule has 2 aliphatic rings. The van der Waals surface area contributed by atoms with E-state index < -0.39 is 0 Å². The van der Waals surface area contributed by atoms with Gasteiger partial charge in [0.25, 0.3) is 0 Å². The molecule has 68 heavy (non-hydrogen) atoms. The van der Waals surface area contributed by atoms with Crippen LogP contribution in [-0.4, -0.2) is 16.4 Å². The molecule has 0 N–H and O–H groups in total. The van der Waals surface area contributed by atoms with Crippen LogP contribution >= 0.6 is 0 Å². The summed E-state index contributed by atoms with van der Waals surface area (Å²) in [7, 11) is 0. The zero-order chi connectivity index (χ0) is 44.4. The maximum absolute atomic E-state index is 14.4. The number of anilines is 2. The fourth-order valence-electron chi connectivity index (χ4n) is 11.6. The summed E-state index contributed by atoms with van der Waals surface area (Å²) in [6.45, 7) is 0. The molecule has 318 valence electrons. The Morgan fingerprint density at radius 3 is 1.40 bits per heavy atom. The molecule has 0 saturated carbocycles. The highest BCUT2D eigenvalue weighted by molar-refractivity contribution is 6.20. The van der Waals surface area contributed by atoms with E-state index in [1.165, 1.54) is 22.0 Å². The number of ketones is 1. The number of para-hydroxylation sites is 3. The maximum Gasteiger partial charge on any atom is 0.193 e. The first-order valence-corrected chi connectivity index (χ1v) is 23.0. The summed E-state index contributed by atoms with van der Waals surface area (Å²) in [5.41, 5.74) is 14.2. The second-order valence-electron chi connectivity index (χ2n) is 18.3. The summed E-state index contributed by atoms with van der Waals surface area (Å²) in [6.07, 6.45) is 8.88. The van der Waals surface area contributed by atoms with Crippen molar-refractivity contribution in [2.24, 2.45) is 0 Å². The Hall–Kier alpha value is -9.07. The van der Waals surface area contributed by atoms with E-state index in [0.29, 0.717) is 28.2 Å². The quantitative estimate of drug-likeness (QED) is 0.164. The number of furan rings is 4. The molecule has 14 aromatic rings. The number of carbonyl (C=O) groups is 1. The lowest BCUT2D eigenvalue weighted by molar-refractivity contribution is 0.103. The Bertz CT molecular complexity index is 4570. The van der Waals surface area contributed by atoms with Crippen molar-refractivity contribution in [1.29, 1.82) is 0 Å². The molecule has 0 bridgehead atoms. The topological polar surface area (TPSA) is 77.8 Å². The maximum atomic E-state index is 14.4. The Morgan fingerprint density at radius 2 is 0.824 bits per heavy atom. The summed E-state index contributed by atoms with van der Waals surface area (Å²) in [5.74, 6) is 0.212. The number of fused-ring (bicyclic) bond motifs is 18. The van der Waals surface area contributed by atoms with Gasteiger partial charge in [0, 0.05) is 88.0 Å². The van der Waals surface area contributed by atoms with Gasteiger partial charge >= 0.3 is 0 Å². The van der Waals surface area contributed by atoms with Gasteiger partial charge in [-0.05, 0) is 121 Å². The summed E-state index contributed by atoms with van der Waals surface area (Å²) in [4.78, 5) is 16.8. The number of aromatic nitrogens is 1. The predicted octanol–water partition coefficient (Wildman–Crippen LogP) is 16.3. The first-order valence-electron chi connectivity index (χ1n) is 23.0. The van der Waals surface area contributed by atoms with Crippen LogP contribution in [0.15, 0.2) is 212 Å². The van der Waals surface area contributed by atoms with E-state index in [9.17, 15) is 4.79 Å². The molecule has 5 aromatic heterocycles. The largest absolute Gasteiger partial charge is 0.456 e. The van der Waals surface area contributed by atoms with E-state index in [1.807, 2.05) is 48.5 Å². The van der Waals surface area contributed by atoms with E-state index in [0.717, 1.165) is 99.0 Å². The van der Waals surface area contributed by atoms with Crippen LogP contribution in [0.5, 0.6) is 0 Å². The Morgan fingerprint density at radius 1 is 0.382 bits per heavy atom. The Kier molecular flexibility index (Phi) is 6.95. The highest BCUT2D eigenvalue weighted by Gasteiger charge is 2.37. The van der Waals surface area contributed by atoms with Gasteiger partial charge in [-0.25, -0.2) is 0 Å². The van der Waals surface area contributed by atoms with Crippen molar-refractivity contribution in [2.45, 2.75) is 12.0 Å². The molecular weight excluding hydrogens is 841 g/mol. The number of hydrogen-bond acceptors (Lipinski definition) is 6. The molecule has 2 atom stereocenters. The average Bonchev–Trinajstić information content (AvgIpc) is 4.23. The number of allylic oxidation sites excluding steroid dienone is 2. The van der Waals surface area contributed by atoms with Crippen molar-refractivity contribution in [2.75, 3.05) is 4.90 Å². The molecule has 9 aromatic carbocycles. The Balaban J connectivity index is 0.756. The molecule has 0 amide bonds. The van der Waals surface area contributed by atoms with Crippen molar-refractivity contribution in [1.82, 2.24) is 4.57 Å². The van der Waals surface area contributed by atoms with Gasteiger partial charge in [0.15, 0.2) is 5.78 Å². The van der Waals surface area contributed by atoms with Gasteiger partial charge in [-0.15, -0.1) is 0 Å². The van der Waals surface area contributed by atoms with E-state index in [-0.39, 0.29) is 11.8 Å². The third kappa shape index (κ3) is 4.89. The molecule has 2 unspecified atom stereocenters. The molecule has 0 spiro atoms. The molecule has 0 saturated heterocycles. The number of carbonyl (C=O) groups excluding carboxylic acids is 1. The first kappa shape index (κ1) is 36.2. The average molecular weight is 875 g/mol. The van der Waals surface area contributed by atoms with E-state index in [2.05, 4.69) is 155 Å². The summed E-state index contributed by atoms with van der Waals surface area (Å²) >= 11 is 0. The van der Waals surface area contributed by atoms with Crippen molar-refractivity contribution < 1.29 is 22.5 Å². The minimum Gasteiger partial charge on any atom is -0.456 e. The summed E-state index contributed by atoms with van der Waals surface area (Å²) in [5, 5.41) is 9.91. The molecular formula is C61H34N2O5. The standard InChI is InChI=1S/C61H34N2O5/c64-61(33-17-21-53-41(25-33)45-29-59-47(31-57(45)65-53)43-27-35(19-23-55(43)67-59)62-49-13-5-1-9-37(49)38-10-2-6-14-50(38)62)34-18-22-54-42(26-34)46-30-60-48(32-58(46)66-54)44-28-36(20-24-56(44)68-60)63-51-15-7-3-11-39(51)40-12-4-8-16-52(40)63/h1-32,37,49H. The zero-order valence-corrected chi connectivity index (χ0v) is 36.1. The van der Waals surface area contributed by atoms with Gasteiger partial charge in [0.2, 0.25) is 0 Å². The molecule has 6 heterocycles. The predicted molar refractivity (Wildman–Crippen MR) is 273 cm³/mol. The molecule has 0 fully saturated rings. The van der Waals surface area contributed by atoms with Crippen LogP contribution in [0.3, 0.4) is 0 Å². The van der Waals surface area contributed by atoms with Crippen LogP contribution in [0.1, 0.15) is 27.4 Å². The minimum absolute atomic E-state index is 0.0914. The molecule has 7 heteroatoms. The van der Waals surface area contributed by atoms with Crippen LogP contribution in [-0.2, 0) is 0 Å². The van der Waals surface area contributed by atoms with Crippen LogP contribution in [0, 0.1) is 0 Å². The number of benzene rings is 9. The van der Waals surface area contributed by atoms with Gasteiger partial charge in [0.1, 0.15) is 44.7 Å².